The number of nitriles is 1. The molecule has 1 N–H and O–H groups in total. The molecular weight excluding hydrogens is 463 g/mol. The molecule has 1 aromatic carbocycles. The average Bonchev–Trinajstić information content (AvgIpc) is 2.88. The summed E-state index contributed by atoms with van der Waals surface area (Å²) < 4.78 is 39.8. The summed E-state index contributed by atoms with van der Waals surface area (Å²) in [5, 5.41) is 19.4. The van der Waals surface area contributed by atoms with Gasteiger partial charge in [0.25, 0.3) is 11.8 Å². The number of carbonyl (C=O) groups excluding carboxylic acids is 2. The number of carbonyl (C=O) groups is 2. The number of anilines is 2. The van der Waals surface area contributed by atoms with Crippen molar-refractivity contribution in [3.8, 4) is 6.07 Å². The number of hydrogen-bond donors (Lipinski definition) is 1. The number of nitrogens with one attached hydrogen (secondary N) is 1. The average molecular weight is 481 g/mol. The third kappa shape index (κ3) is 5.35. The zero-order valence-corrected chi connectivity index (χ0v) is 18.2. The molecule has 0 saturated carbocycles. The first-order valence-electron chi connectivity index (χ1n) is 10.5. The predicted molar refractivity (Wildman–Crippen MR) is 118 cm³/mol. The molecule has 178 valence electrons. The van der Waals surface area contributed by atoms with Crippen molar-refractivity contribution < 1.29 is 22.8 Å². The highest BCUT2D eigenvalue weighted by molar-refractivity contribution is 6.02. The Kier molecular flexibility index (Phi) is 6.59. The van der Waals surface area contributed by atoms with Gasteiger partial charge in [-0.2, -0.15) is 18.4 Å². The third-order valence-electron chi connectivity index (χ3n) is 5.37. The van der Waals surface area contributed by atoms with Crippen molar-refractivity contribution in [1.82, 2.24) is 20.1 Å². The summed E-state index contributed by atoms with van der Waals surface area (Å²) in [5.74, 6) is -0.472. The van der Waals surface area contributed by atoms with Crippen LogP contribution in [0.4, 0.5) is 24.8 Å². The van der Waals surface area contributed by atoms with E-state index in [1.807, 2.05) is 11.0 Å². The Balaban J connectivity index is 1.36. The van der Waals surface area contributed by atoms with Crippen molar-refractivity contribution >= 4 is 23.5 Å². The van der Waals surface area contributed by atoms with Crippen LogP contribution in [0.3, 0.4) is 0 Å². The van der Waals surface area contributed by atoms with E-state index in [0.29, 0.717) is 24.5 Å². The van der Waals surface area contributed by atoms with Crippen LogP contribution in [0.5, 0.6) is 0 Å². The highest BCUT2D eigenvalue weighted by atomic mass is 19.4. The molecule has 0 spiro atoms. The van der Waals surface area contributed by atoms with Crippen molar-refractivity contribution in [2.24, 2.45) is 0 Å². The Morgan fingerprint density at radius 3 is 2.31 bits per heavy atom. The molecule has 4 rings (SSSR count). The SMILES string of the molecule is N#Cc1ccc(NC(=O)c2ccc(N3CCN(C(=O)c4ccccc4C(F)(F)F)CC3)nn2)nc1. The highest BCUT2D eigenvalue weighted by Crippen LogP contribution is 2.32. The lowest BCUT2D eigenvalue weighted by atomic mass is 10.1. The van der Waals surface area contributed by atoms with E-state index < -0.39 is 23.6 Å². The number of aromatic nitrogens is 3. The zero-order valence-electron chi connectivity index (χ0n) is 18.2. The fourth-order valence-corrected chi connectivity index (χ4v) is 3.56. The smallest absolute Gasteiger partial charge is 0.352 e. The quantitative estimate of drug-likeness (QED) is 0.609. The van der Waals surface area contributed by atoms with Gasteiger partial charge in [-0.15, -0.1) is 10.2 Å². The monoisotopic (exact) mass is 481 g/mol. The minimum atomic E-state index is -4.62. The molecule has 0 bridgehead atoms. The van der Waals surface area contributed by atoms with Crippen LogP contribution >= 0.6 is 0 Å². The Labute approximate surface area is 197 Å². The van der Waals surface area contributed by atoms with Gasteiger partial charge in [-0.1, -0.05) is 12.1 Å². The van der Waals surface area contributed by atoms with Crippen molar-refractivity contribution in [2.75, 3.05) is 36.4 Å². The second-order valence-corrected chi connectivity index (χ2v) is 7.60. The Bertz CT molecular complexity index is 1260. The van der Waals surface area contributed by atoms with Crippen LogP contribution in [-0.4, -0.2) is 58.1 Å². The molecule has 2 amide bonds. The maximum atomic E-state index is 13.3. The molecule has 0 atom stereocenters. The number of nitrogens with zero attached hydrogens (tertiary/aromatic N) is 6. The number of amides is 2. The van der Waals surface area contributed by atoms with Gasteiger partial charge in [-0.05, 0) is 36.4 Å². The van der Waals surface area contributed by atoms with E-state index in [-0.39, 0.29) is 30.2 Å². The fourth-order valence-electron chi connectivity index (χ4n) is 3.56. The van der Waals surface area contributed by atoms with E-state index in [1.165, 1.54) is 47.5 Å². The topological polar surface area (TPSA) is 115 Å². The van der Waals surface area contributed by atoms with Gasteiger partial charge in [0.05, 0.1) is 16.7 Å². The number of piperazine rings is 1. The molecule has 9 nitrogen and oxygen atoms in total. The Morgan fingerprint density at radius 1 is 0.971 bits per heavy atom. The summed E-state index contributed by atoms with van der Waals surface area (Å²) >= 11 is 0. The molecular formula is C23H18F3N7O2. The molecule has 0 aliphatic carbocycles. The third-order valence-corrected chi connectivity index (χ3v) is 5.37. The number of hydrogen-bond acceptors (Lipinski definition) is 7. The predicted octanol–water partition coefficient (Wildman–Crippen LogP) is 2.98. The van der Waals surface area contributed by atoms with E-state index in [2.05, 4.69) is 20.5 Å². The summed E-state index contributed by atoms with van der Waals surface area (Å²) in [4.78, 5) is 32.2. The molecule has 3 aromatic rings. The van der Waals surface area contributed by atoms with Crippen molar-refractivity contribution in [3.05, 3.63) is 77.1 Å². The van der Waals surface area contributed by atoms with Gasteiger partial charge < -0.3 is 15.1 Å². The van der Waals surface area contributed by atoms with Crippen molar-refractivity contribution in [2.45, 2.75) is 6.18 Å². The maximum absolute atomic E-state index is 13.3. The summed E-state index contributed by atoms with van der Waals surface area (Å²) in [6, 6.07) is 12.8. The maximum Gasteiger partial charge on any atom is 0.417 e. The number of benzene rings is 1. The lowest BCUT2D eigenvalue weighted by Crippen LogP contribution is -2.49. The van der Waals surface area contributed by atoms with E-state index in [1.54, 1.807) is 6.07 Å². The van der Waals surface area contributed by atoms with Crippen LogP contribution in [0.25, 0.3) is 0 Å². The standard InChI is InChI=1S/C23H18F3N7O2/c24-23(25,26)17-4-2-1-3-16(17)22(35)33-11-9-32(10-12-33)20-8-6-18(30-31-20)21(34)29-19-7-5-15(13-27)14-28-19/h1-8,14H,9-12H2,(H,28,29,34). The van der Waals surface area contributed by atoms with Gasteiger partial charge >= 0.3 is 6.18 Å². The van der Waals surface area contributed by atoms with Gasteiger partial charge in [0, 0.05) is 32.4 Å². The molecule has 0 unspecified atom stereocenters. The van der Waals surface area contributed by atoms with Crippen LogP contribution in [0, 0.1) is 11.3 Å². The van der Waals surface area contributed by atoms with Crippen LogP contribution in [0.15, 0.2) is 54.7 Å². The van der Waals surface area contributed by atoms with Crippen molar-refractivity contribution in [3.63, 3.8) is 0 Å². The van der Waals surface area contributed by atoms with Gasteiger partial charge in [0.2, 0.25) is 0 Å². The molecule has 2 aromatic heterocycles. The van der Waals surface area contributed by atoms with E-state index in [0.717, 1.165) is 6.07 Å². The second-order valence-electron chi connectivity index (χ2n) is 7.60. The second kappa shape index (κ2) is 9.76. The normalized spacial score (nSPS) is 13.8. The number of rotatable bonds is 4. The molecule has 1 fully saturated rings. The van der Waals surface area contributed by atoms with Gasteiger partial charge in [-0.25, -0.2) is 4.98 Å². The molecule has 12 heteroatoms. The minimum Gasteiger partial charge on any atom is -0.352 e. The summed E-state index contributed by atoms with van der Waals surface area (Å²) in [5.41, 5.74) is -0.917. The number of pyridine rings is 1. The summed E-state index contributed by atoms with van der Waals surface area (Å²) in [6.45, 7) is 1.10. The summed E-state index contributed by atoms with van der Waals surface area (Å²) in [6.07, 6.45) is -3.29. The van der Waals surface area contributed by atoms with Crippen molar-refractivity contribution in [1.29, 1.82) is 5.26 Å². The molecule has 0 radical (unpaired) electrons. The molecule has 1 saturated heterocycles. The number of alkyl halides is 3. The first-order chi connectivity index (χ1) is 16.8. The first kappa shape index (κ1) is 23.6. The van der Waals surface area contributed by atoms with E-state index in [4.69, 9.17) is 5.26 Å². The van der Waals surface area contributed by atoms with Crippen LogP contribution in [0.2, 0.25) is 0 Å². The van der Waals surface area contributed by atoms with Crippen LogP contribution < -0.4 is 10.2 Å². The Morgan fingerprint density at radius 2 is 1.71 bits per heavy atom. The van der Waals surface area contributed by atoms with E-state index >= 15 is 0 Å². The minimum absolute atomic E-state index is 0.0532. The van der Waals surface area contributed by atoms with Crippen LogP contribution in [-0.2, 0) is 6.18 Å². The lowest BCUT2D eigenvalue weighted by Gasteiger charge is -2.35. The largest absolute Gasteiger partial charge is 0.417 e. The van der Waals surface area contributed by atoms with E-state index in [9.17, 15) is 22.8 Å². The fraction of sp³-hybridized carbons (Fsp3) is 0.217. The molecule has 3 heterocycles. The van der Waals surface area contributed by atoms with Gasteiger partial charge in [0.15, 0.2) is 11.5 Å². The zero-order chi connectivity index (χ0) is 25.0. The highest BCUT2D eigenvalue weighted by Gasteiger charge is 2.36. The Hall–Kier alpha value is -4.53. The molecule has 1 aliphatic heterocycles. The molecule has 1 aliphatic rings. The van der Waals surface area contributed by atoms with Gasteiger partial charge in [-0.3, -0.25) is 9.59 Å². The van der Waals surface area contributed by atoms with Gasteiger partial charge in [0.1, 0.15) is 11.9 Å². The lowest BCUT2D eigenvalue weighted by molar-refractivity contribution is -0.138. The van der Waals surface area contributed by atoms with Crippen LogP contribution in [0.1, 0.15) is 32.0 Å². The number of halogens is 3. The summed E-state index contributed by atoms with van der Waals surface area (Å²) in [7, 11) is 0. The first-order valence-corrected chi connectivity index (χ1v) is 10.5. The molecule has 35 heavy (non-hydrogen) atoms.